The average Bonchev–Trinajstić information content (AvgIpc) is 2.84. The molecule has 184 valence electrons. The third kappa shape index (κ3) is 5.98. The number of nitrogens with zero attached hydrogens (tertiary/aromatic N) is 5. The van der Waals surface area contributed by atoms with E-state index in [1.165, 1.54) is 0 Å². The number of amides is 1. The average molecular weight is 478 g/mol. The summed E-state index contributed by atoms with van der Waals surface area (Å²) in [5.74, 6) is 2.32. The maximum atomic E-state index is 12.6. The number of hydrogen-bond acceptors (Lipinski definition) is 8. The van der Waals surface area contributed by atoms with Crippen LogP contribution in [0.4, 0.5) is 10.5 Å². The number of ether oxygens (including phenoxy) is 3. The lowest BCUT2D eigenvalue weighted by atomic mass is 10.1. The Labute approximate surface area is 205 Å². The van der Waals surface area contributed by atoms with Crippen LogP contribution in [-0.2, 0) is 4.74 Å². The molecule has 35 heavy (non-hydrogen) atoms. The highest BCUT2D eigenvalue weighted by Crippen LogP contribution is 2.34. The highest BCUT2D eigenvalue weighted by molar-refractivity contribution is 5.69. The third-order valence-corrected chi connectivity index (χ3v) is 5.53. The van der Waals surface area contributed by atoms with E-state index in [1.807, 2.05) is 64.1 Å². The summed E-state index contributed by atoms with van der Waals surface area (Å²) in [6.07, 6.45) is 4.89. The van der Waals surface area contributed by atoms with Gasteiger partial charge in [0.2, 0.25) is 5.88 Å². The van der Waals surface area contributed by atoms with Crippen LogP contribution in [0.3, 0.4) is 0 Å². The summed E-state index contributed by atoms with van der Waals surface area (Å²) in [4.78, 5) is 30.0. The predicted octanol–water partition coefficient (Wildman–Crippen LogP) is 4.79. The zero-order valence-electron chi connectivity index (χ0n) is 20.8. The first-order valence-electron chi connectivity index (χ1n) is 11.6. The van der Waals surface area contributed by atoms with E-state index in [0.717, 1.165) is 17.0 Å². The third-order valence-electron chi connectivity index (χ3n) is 5.53. The monoisotopic (exact) mass is 477 g/mol. The number of rotatable bonds is 5. The lowest BCUT2D eigenvalue weighted by Crippen LogP contribution is -2.55. The Kier molecular flexibility index (Phi) is 7.04. The zero-order chi connectivity index (χ0) is 25.0. The zero-order valence-corrected chi connectivity index (χ0v) is 20.8. The number of carbonyl (C=O) groups excluding carboxylic acids is 1. The molecule has 0 bridgehead atoms. The van der Waals surface area contributed by atoms with E-state index in [1.54, 1.807) is 30.6 Å². The topological polar surface area (TPSA) is 89.9 Å². The van der Waals surface area contributed by atoms with E-state index in [0.29, 0.717) is 37.1 Å². The number of aromatic nitrogens is 3. The maximum absolute atomic E-state index is 12.6. The number of carbonyl (C=O) groups is 1. The smallest absolute Gasteiger partial charge is 0.410 e. The van der Waals surface area contributed by atoms with Crippen LogP contribution in [0.2, 0.25) is 0 Å². The fourth-order valence-corrected chi connectivity index (χ4v) is 3.81. The molecule has 9 nitrogen and oxygen atoms in total. The second-order valence-corrected chi connectivity index (χ2v) is 9.37. The van der Waals surface area contributed by atoms with Crippen LogP contribution in [0.5, 0.6) is 17.4 Å². The molecule has 1 fully saturated rings. The first kappa shape index (κ1) is 24.3. The van der Waals surface area contributed by atoms with E-state index < -0.39 is 5.60 Å². The Bertz CT molecular complexity index is 1150. The van der Waals surface area contributed by atoms with Crippen LogP contribution in [0.25, 0.3) is 11.4 Å². The van der Waals surface area contributed by atoms with Crippen molar-refractivity contribution in [3.8, 4) is 28.8 Å². The van der Waals surface area contributed by atoms with Gasteiger partial charge in [-0.2, -0.15) is 4.98 Å². The van der Waals surface area contributed by atoms with E-state index in [4.69, 9.17) is 19.2 Å². The molecule has 1 amide bonds. The molecular weight excluding hydrogens is 446 g/mol. The summed E-state index contributed by atoms with van der Waals surface area (Å²) in [6.45, 7) is 9.32. The molecule has 1 aliphatic rings. The van der Waals surface area contributed by atoms with Gasteiger partial charge in [-0.25, -0.2) is 9.78 Å². The molecule has 1 aromatic carbocycles. The standard InChI is InChI=1S/C26H31N5O4/c1-18-17-30(13-14-31(18)25(32)35-26(2,3)4)22-16-28-23(19-7-6-12-27-15-19)29-24(22)34-21-10-8-20(33-5)9-11-21/h6-12,15-16,18H,13-14,17H2,1-5H3/t18-/m1/s1. The van der Waals surface area contributed by atoms with Crippen LogP contribution in [0.1, 0.15) is 27.7 Å². The molecule has 0 aliphatic carbocycles. The minimum absolute atomic E-state index is 0.0644. The number of anilines is 1. The Morgan fingerprint density at radius 2 is 1.80 bits per heavy atom. The molecule has 3 heterocycles. The summed E-state index contributed by atoms with van der Waals surface area (Å²) in [5, 5.41) is 0. The maximum Gasteiger partial charge on any atom is 0.410 e. The van der Waals surface area contributed by atoms with Crippen molar-refractivity contribution in [2.24, 2.45) is 0 Å². The van der Waals surface area contributed by atoms with Gasteiger partial charge in [-0.15, -0.1) is 0 Å². The normalized spacial score (nSPS) is 16.1. The van der Waals surface area contributed by atoms with Gasteiger partial charge in [0.05, 0.1) is 13.3 Å². The van der Waals surface area contributed by atoms with E-state index in [9.17, 15) is 4.79 Å². The van der Waals surface area contributed by atoms with Crippen molar-refractivity contribution < 1.29 is 19.0 Å². The first-order valence-corrected chi connectivity index (χ1v) is 11.6. The van der Waals surface area contributed by atoms with Crippen molar-refractivity contribution in [2.45, 2.75) is 39.3 Å². The molecule has 0 unspecified atom stereocenters. The van der Waals surface area contributed by atoms with Gasteiger partial charge in [0.1, 0.15) is 22.8 Å². The molecule has 0 saturated carbocycles. The van der Waals surface area contributed by atoms with Gasteiger partial charge < -0.3 is 24.0 Å². The summed E-state index contributed by atoms with van der Waals surface area (Å²) in [6, 6.07) is 11.0. The Balaban J connectivity index is 1.60. The van der Waals surface area contributed by atoms with Crippen LogP contribution in [0, 0.1) is 0 Å². The van der Waals surface area contributed by atoms with Crippen LogP contribution >= 0.6 is 0 Å². The molecule has 2 aromatic heterocycles. The first-order chi connectivity index (χ1) is 16.7. The number of methoxy groups -OCH3 is 1. The van der Waals surface area contributed by atoms with E-state index >= 15 is 0 Å². The van der Waals surface area contributed by atoms with E-state index in [2.05, 4.69) is 14.9 Å². The summed E-state index contributed by atoms with van der Waals surface area (Å²) >= 11 is 0. The number of piperazine rings is 1. The Morgan fingerprint density at radius 3 is 2.43 bits per heavy atom. The quantitative estimate of drug-likeness (QED) is 0.518. The fraction of sp³-hybridized carbons (Fsp3) is 0.385. The molecule has 3 aromatic rings. The molecule has 0 spiro atoms. The highest BCUT2D eigenvalue weighted by atomic mass is 16.6. The number of hydrogen-bond donors (Lipinski definition) is 0. The summed E-state index contributed by atoms with van der Waals surface area (Å²) < 4.78 is 17.1. The van der Waals surface area contributed by atoms with Crippen molar-refractivity contribution >= 4 is 11.8 Å². The highest BCUT2D eigenvalue weighted by Gasteiger charge is 2.32. The minimum Gasteiger partial charge on any atom is -0.497 e. The molecule has 4 rings (SSSR count). The van der Waals surface area contributed by atoms with Crippen molar-refractivity contribution in [3.05, 3.63) is 55.0 Å². The van der Waals surface area contributed by atoms with Crippen LogP contribution in [-0.4, -0.2) is 64.3 Å². The molecular formula is C26H31N5O4. The van der Waals surface area contributed by atoms with Gasteiger partial charge in [-0.05, 0) is 64.1 Å². The Morgan fingerprint density at radius 1 is 1.06 bits per heavy atom. The molecule has 0 radical (unpaired) electrons. The summed E-state index contributed by atoms with van der Waals surface area (Å²) in [5.41, 5.74) is 1.01. The number of benzene rings is 1. The van der Waals surface area contributed by atoms with Gasteiger partial charge >= 0.3 is 6.09 Å². The van der Waals surface area contributed by atoms with Gasteiger partial charge in [0.15, 0.2) is 5.82 Å². The predicted molar refractivity (Wildman–Crippen MR) is 133 cm³/mol. The van der Waals surface area contributed by atoms with Gasteiger partial charge in [0.25, 0.3) is 0 Å². The van der Waals surface area contributed by atoms with Crippen molar-refractivity contribution in [1.29, 1.82) is 0 Å². The van der Waals surface area contributed by atoms with Crippen molar-refractivity contribution in [3.63, 3.8) is 0 Å². The van der Waals surface area contributed by atoms with Crippen molar-refractivity contribution in [2.75, 3.05) is 31.6 Å². The van der Waals surface area contributed by atoms with Gasteiger partial charge in [-0.1, -0.05) is 0 Å². The molecule has 1 saturated heterocycles. The second kappa shape index (κ2) is 10.2. The van der Waals surface area contributed by atoms with Crippen molar-refractivity contribution in [1.82, 2.24) is 19.9 Å². The lowest BCUT2D eigenvalue weighted by molar-refractivity contribution is 0.0159. The van der Waals surface area contributed by atoms with Crippen LogP contribution < -0.4 is 14.4 Å². The lowest BCUT2D eigenvalue weighted by Gasteiger charge is -2.41. The fourth-order valence-electron chi connectivity index (χ4n) is 3.81. The second-order valence-electron chi connectivity index (χ2n) is 9.37. The number of pyridine rings is 1. The van der Waals surface area contributed by atoms with E-state index in [-0.39, 0.29) is 12.1 Å². The molecule has 9 heteroatoms. The summed E-state index contributed by atoms with van der Waals surface area (Å²) in [7, 11) is 1.62. The largest absolute Gasteiger partial charge is 0.497 e. The molecule has 0 N–H and O–H groups in total. The molecule has 1 aliphatic heterocycles. The molecule has 1 atom stereocenters. The van der Waals surface area contributed by atoms with Crippen LogP contribution in [0.15, 0.2) is 55.0 Å². The van der Waals surface area contributed by atoms with Gasteiger partial charge in [-0.3, -0.25) is 4.98 Å². The SMILES string of the molecule is COc1ccc(Oc2nc(-c3cccnc3)ncc2N2CCN(C(=O)OC(C)(C)C)[C@H](C)C2)cc1. The Hall–Kier alpha value is -3.88. The van der Waals surface area contributed by atoms with Gasteiger partial charge in [0, 0.05) is 43.6 Å². The minimum atomic E-state index is -0.538.